The first kappa shape index (κ1) is 13.1. The minimum absolute atomic E-state index is 0.298. The van der Waals surface area contributed by atoms with Crippen molar-refractivity contribution in [2.75, 3.05) is 6.61 Å². The predicted octanol–water partition coefficient (Wildman–Crippen LogP) is 4.09. The van der Waals surface area contributed by atoms with Gasteiger partial charge in [-0.05, 0) is 34.1 Å². The molecule has 3 nitrogen and oxygen atoms in total. The number of aromatic amines is 1. The van der Waals surface area contributed by atoms with Crippen LogP contribution < -0.4 is 4.74 Å². The SMILES string of the molecule is Fc1cc2[nH]c(CCOc3ccccc3)nc2cc1Br. The largest absolute Gasteiger partial charge is 0.493 e. The van der Waals surface area contributed by atoms with Gasteiger partial charge in [0.05, 0.1) is 22.1 Å². The molecule has 0 radical (unpaired) electrons. The van der Waals surface area contributed by atoms with Crippen LogP contribution >= 0.6 is 15.9 Å². The lowest BCUT2D eigenvalue weighted by molar-refractivity contribution is 0.319. The van der Waals surface area contributed by atoms with Crippen LogP contribution in [0.5, 0.6) is 5.75 Å². The Bertz CT molecular complexity index is 688. The highest BCUT2D eigenvalue weighted by molar-refractivity contribution is 9.10. The van der Waals surface area contributed by atoms with Crippen molar-refractivity contribution in [2.24, 2.45) is 0 Å². The Morgan fingerprint density at radius 1 is 1.20 bits per heavy atom. The van der Waals surface area contributed by atoms with Crippen molar-refractivity contribution >= 4 is 27.0 Å². The fourth-order valence-electron chi connectivity index (χ4n) is 1.96. The van der Waals surface area contributed by atoms with Crippen LogP contribution in [-0.2, 0) is 6.42 Å². The third-order valence-electron chi connectivity index (χ3n) is 2.92. The molecule has 3 rings (SSSR count). The lowest BCUT2D eigenvalue weighted by Crippen LogP contribution is -2.02. The molecule has 0 fully saturated rings. The van der Waals surface area contributed by atoms with Crippen LogP contribution in [0.25, 0.3) is 11.0 Å². The maximum atomic E-state index is 13.4. The Balaban J connectivity index is 1.69. The molecule has 0 amide bonds. The summed E-state index contributed by atoms with van der Waals surface area (Å²) in [5, 5.41) is 0. The number of rotatable bonds is 4. The maximum Gasteiger partial charge on any atom is 0.139 e. The summed E-state index contributed by atoms with van der Waals surface area (Å²) in [4.78, 5) is 7.51. The molecular weight excluding hydrogens is 323 g/mol. The minimum atomic E-state index is -0.298. The van der Waals surface area contributed by atoms with E-state index in [0.29, 0.717) is 23.0 Å². The number of ether oxygens (including phenoxy) is 1. The summed E-state index contributed by atoms with van der Waals surface area (Å²) in [6.45, 7) is 0.521. The molecule has 0 aliphatic heterocycles. The van der Waals surface area contributed by atoms with E-state index in [4.69, 9.17) is 4.74 Å². The zero-order valence-electron chi connectivity index (χ0n) is 10.6. The van der Waals surface area contributed by atoms with E-state index in [0.717, 1.165) is 17.1 Å². The van der Waals surface area contributed by atoms with Crippen LogP contribution in [0.1, 0.15) is 5.82 Å². The smallest absolute Gasteiger partial charge is 0.139 e. The summed E-state index contributed by atoms with van der Waals surface area (Å²) in [7, 11) is 0. The number of hydrogen-bond donors (Lipinski definition) is 1. The second-order valence-electron chi connectivity index (χ2n) is 4.38. The van der Waals surface area contributed by atoms with Crippen LogP contribution in [0.3, 0.4) is 0 Å². The standard InChI is InChI=1S/C15H12BrFN2O/c16-11-8-13-14(9-12(11)17)19-15(18-13)6-7-20-10-4-2-1-3-5-10/h1-5,8-9H,6-7H2,(H,18,19). The van der Waals surface area contributed by atoms with Gasteiger partial charge in [0.1, 0.15) is 17.4 Å². The average Bonchev–Trinajstić information content (AvgIpc) is 2.82. The number of nitrogens with zero attached hydrogens (tertiary/aromatic N) is 1. The molecule has 0 saturated heterocycles. The quantitative estimate of drug-likeness (QED) is 0.780. The van der Waals surface area contributed by atoms with Gasteiger partial charge in [-0.15, -0.1) is 0 Å². The lowest BCUT2D eigenvalue weighted by Gasteiger charge is -2.03. The molecule has 0 saturated carbocycles. The minimum Gasteiger partial charge on any atom is -0.493 e. The molecule has 0 unspecified atom stereocenters. The van der Waals surface area contributed by atoms with Crippen molar-refractivity contribution in [3.8, 4) is 5.75 Å². The number of benzene rings is 2. The van der Waals surface area contributed by atoms with E-state index in [2.05, 4.69) is 25.9 Å². The molecule has 1 aromatic heterocycles. The van der Waals surface area contributed by atoms with Gasteiger partial charge in [-0.3, -0.25) is 0 Å². The van der Waals surface area contributed by atoms with E-state index >= 15 is 0 Å². The molecule has 0 aliphatic rings. The number of halogens is 2. The highest BCUT2D eigenvalue weighted by Crippen LogP contribution is 2.22. The summed E-state index contributed by atoms with van der Waals surface area (Å²) >= 11 is 3.16. The summed E-state index contributed by atoms with van der Waals surface area (Å²) in [5.74, 6) is 1.32. The van der Waals surface area contributed by atoms with Crippen molar-refractivity contribution in [3.05, 3.63) is 58.6 Å². The first-order chi connectivity index (χ1) is 9.72. The van der Waals surface area contributed by atoms with Crippen LogP contribution in [0.4, 0.5) is 4.39 Å². The molecule has 0 atom stereocenters. The van der Waals surface area contributed by atoms with Crippen LogP contribution in [0.15, 0.2) is 46.9 Å². The van der Waals surface area contributed by atoms with E-state index in [1.165, 1.54) is 6.07 Å². The Morgan fingerprint density at radius 3 is 2.80 bits per heavy atom. The topological polar surface area (TPSA) is 37.9 Å². The summed E-state index contributed by atoms with van der Waals surface area (Å²) < 4.78 is 19.4. The van der Waals surface area contributed by atoms with Crippen molar-refractivity contribution in [1.82, 2.24) is 9.97 Å². The van der Waals surface area contributed by atoms with Gasteiger partial charge in [0, 0.05) is 12.5 Å². The Labute approximate surface area is 123 Å². The fourth-order valence-corrected chi connectivity index (χ4v) is 2.29. The van der Waals surface area contributed by atoms with Gasteiger partial charge in [-0.1, -0.05) is 18.2 Å². The zero-order valence-corrected chi connectivity index (χ0v) is 12.2. The normalized spacial score (nSPS) is 10.9. The van der Waals surface area contributed by atoms with Gasteiger partial charge in [0.2, 0.25) is 0 Å². The molecule has 102 valence electrons. The van der Waals surface area contributed by atoms with E-state index in [-0.39, 0.29) is 5.82 Å². The number of para-hydroxylation sites is 1. The second kappa shape index (κ2) is 5.63. The van der Waals surface area contributed by atoms with Crippen molar-refractivity contribution < 1.29 is 9.13 Å². The summed E-state index contributed by atoms with van der Waals surface area (Å²) in [6.07, 6.45) is 0.642. The highest BCUT2D eigenvalue weighted by atomic mass is 79.9. The molecule has 0 spiro atoms. The Kier molecular flexibility index (Phi) is 3.69. The van der Waals surface area contributed by atoms with Gasteiger partial charge < -0.3 is 9.72 Å². The van der Waals surface area contributed by atoms with Crippen LogP contribution in [0, 0.1) is 5.82 Å². The van der Waals surface area contributed by atoms with E-state index < -0.39 is 0 Å². The molecule has 0 bridgehead atoms. The van der Waals surface area contributed by atoms with Gasteiger partial charge in [-0.2, -0.15) is 0 Å². The highest BCUT2D eigenvalue weighted by Gasteiger charge is 2.07. The third kappa shape index (κ3) is 2.82. The zero-order chi connectivity index (χ0) is 13.9. The predicted molar refractivity (Wildman–Crippen MR) is 79.4 cm³/mol. The van der Waals surface area contributed by atoms with Crippen molar-refractivity contribution in [2.45, 2.75) is 6.42 Å². The maximum absolute atomic E-state index is 13.4. The molecule has 3 aromatic rings. The van der Waals surface area contributed by atoms with Gasteiger partial charge in [-0.25, -0.2) is 9.37 Å². The number of imidazole rings is 1. The van der Waals surface area contributed by atoms with Gasteiger partial charge in [0.25, 0.3) is 0 Å². The number of fused-ring (bicyclic) bond motifs is 1. The molecule has 0 aliphatic carbocycles. The van der Waals surface area contributed by atoms with Crippen LogP contribution in [0.2, 0.25) is 0 Å². The number of hydrogen-bond acceptors (Lipinski definition) is 2. The lowest BCUT2D eigenvalue weighted by atomic mass is 10.3. The first-order valence-electron chi connectivity index (χ1n) is 6.24. The molecular formula is C15H12BrFN2O. The van der Waals surface area contributed by atoms with E-state index in [1.54, 1.807) is 6.07 Å². The summed E-state index contributed by atoms with van der Waals surface area (Å²) in [6, 6.07) is 12.7. The molecule has 20 heavy (non-hydrogen) atoms. The van der Waals surface area contributed by atoms with Crippen molar-refractivity contribution in [1.29, 1.82) is 0 Å². The molecule has 5 heteroatoms. The fraction of sp³-hybridized carbons (Fsp3) is 0.133. The van der Waals surface area contributed by atoms with Crippen LogP contribution in [-0.4, -0.2) is 16.6 Å². The Morgan fingerprint density at radius 2 is 2.00 bits per heavy atom. The first-order valence-corrected chi connectivity index (χ1v) is 7.03. The van der Waals surface area contributed by atoms with Gasteiger partial charge in [0.15, 0.2) is 0 Å². The Hall–Kier alpha value is -1.88. The van der Waals surface area contributed by atoms with Crippen molar-refractivity contribution in [3.63, 3.8) is 0 Å². The average molecular weight is 335 g/mol. The molecule has 1 N–H and O–H groups in total. The molecule has 2 aromatic carbocycles. The number of H-pyrrole nitrogens is 1. The third-order valence-corrected chi connectivity index (χ3v) is 3.53. The second-order valence-corrected chi connectivity index (χ2v) is 5.23. The van der Waals surface area contributed by atoms with E-state index in [1.807, 2.05) is 30.3 Å². The summed E-state index contributed by atoms with van der Waals surface area (Å²) in [5.41, 5.74) is 1.44. The van der Waals surface area contributed by atoms with Gasteiger partial charge >= 0.3 is 0 Å². The number of nitrogens with one attached hydrogen (secondary N) is 1. The number of aromatic nitrogens is 2. The monoisotopic (exact) mass is 334 g/mol. The molecule has 1 heterocycles. The van der Waals surface area contributed by atoms with E-state index in [9.17, 15) is 4.39 Å².